The Hall–Kier alpha value is -3.17. The van der Waals surface area contributed by atoms with Gasteiger partial charge in [-0.1, -0.05) is 17.7 Å². The highest BCUT2D eigenvalue weighted by Gasteiger charge is 2.15. The van der Waals surface area contributed by atoms with Crippen LogP contribution in [0.1, 0.15) is 26.3 Å². The standard InChI is InChI=1S/C22H23ClN2O4/c1-5-28-20-11-15(10-19(23)21(20)29-14(2)3)9-16(13-24)22(26)25-17-7-6-8-18(12-17)27-4/h6-12,14H,5H2,1-4H3,(H,25,26). The van der Waals surface area contributed by atoms with E-state index in [1.54, 1.807) is 36.4 Å². The van der Waals surface area contributed by atoms with Crippen molar-refractivity contribution in [2.45, 2.75) is 26.9 Å². The fraction of sp³-hybridized carbons (Fsp3) is 0.273. The van der Waals surface area contributed by atoms with E-state index in [9.17, 15) is 10.1 Å². The van der Waals surface area contributed by atoms with Gasteiger partial charge in [-0.25, -0.2) is 0 Å². The maximum atomic E-state index is 12.5. The summed E-state index contributed by atoms with van der Waals surface area (Å²) in [7, 11) is 1.54. The zero-order valence-corrected chi connectivity index (χ0v) is 17.5. The van der Waals surface area contributed by atoms with E-state index in [1.807, 2.05) is 26.8 Å². The summed E-state index contributed by atoms with van der Waals surface area (Å²) in [5.74, 6) is 0.932. The third kappa shape index (κ3) is 6.16. The molecule has 1 N–H and O–H groups in total. The average Bonchev–Trinajstić information content (AvgIpc) is 2.68. The maximum absolute atomic E-state index is 12.5. The second-order valence-electron chi connectivity index (χ2n) is 6.29. The number of benzene rings is 2. The van der Waals surface area contributed by atoms with Gasteiger partial charge in [0.05, 0.1) is 24.8 Å². The number of amides is 1. The molecule has 0 saturated heterocycles. The lowest BCUT2D eigenvalue weighted by atomic mass is 10.1. The Morgan fingerprint density at radius 3 is 2.69 bits per heavy atom. The van der Waals surface area contributed by atoms with E-state index in [1.165, 1.54) is 13.2 Å². The quantitative estimate of drug-likeness (QED) is 0.481. The summed E-state index contributed by atoms with van der Waals surface area (Å²) in [6.45, 7) is 6.03. The van der Waals surface area contributed by atoms with Crippen LogP contribution in [0.5, 0.6) is 17.2 Å². The first kappa shape index (κ1) is 22.1. The molecule has 0 radical (unpaired) electrons. The number of carbonyl (C=O) groups excluding carboxylic acids is 1. The molecule has 0 spiro atoms. The third-order valence-electron chi connectivity index (χ3n) is 3.69. The van der Waals surface area contributed by atoms with Gasteiger partial charge in [-0.2, -0.15) is 5.26 Å². The second kappa shape index (κ2) is 10.4. The smallest absolute Gasteiger partial charge is 0.266 e. The molecule has 2 aromatic carbocycles. The summed E-state index contributed by atoms with van der Waals surface area (Å²) in [6, 6.07) is 12.1. The molecule has 0 heterocycles. The number of anilines is 1. The first-order valence-electron chi connectivity index (χ1n) is 9.08. The lowest BCUT2D eigenvalue weighted by molar-refractivity contribution is -0.112. The maximum Gasteiger partial charge on any atom is 0.266 e. The lowest BCUT2D eigenvalue weighted by Gasteiger charge is -2.16. The minimum atomic E-state index is -0.544. The van der Waals surface area contributed by atoms with Gasteiger partial charge in [0.1, 0.15) is 17.4 Å². The van der Waals surface area contributed by atoms with E-state index in [2.05, 4.69) is 5.32 Å². The number of nitrogens with one attached hydrogen (secondary N) is 1. The van der Waals surface area contributed by atoms with Crippen LogP contribution < -0.4 is 19.5 Å². The van der Waals surface area contributed by atoms with Crippen molar-refractivity contribution >= 4 is 29.3 Å². The van der Waals surface area contributed by atoms with Crippen molar-refractivity contribution in [1.29, 1.82) is 5.26 Å². The number of rotatable bonds is 8. The topological polar surface area (TPSA) is 80.6 Å². The first-order valence-corrected chi connectivity index (χ1v) is 9.45. The van der Waals surface area contributed by atoms with Gasteiger partial charge in [0.25, 0.3) is 5.91 Å². The molecule has 0 saturated carbocycles. The minimum Gasteiger partial charge on any atom is -0.497 e. The molecule has 0 bridgehead atoms. The number of hydrogen-bond acceptors (Lipinski definition) is 5. The molecule has 0 aromatic heterocycles. The van der Waals surface area contributed by atoms with Crippen molar-refractivity contribution in [1.82, 2.24) is 0 Å². The largest absolute Gasteiger partial charge is 0.497 e. The number of nitrogens with zero attached hydrogens (tertiary/aromatic N) is 1. The highest BCUT2D eigenvalue weighted by Crippen LogP contribution is 2.38. The monoisotopic (exact) mass is 414 g/mol. The Morgan fingerprint density at radius 2 is 2.07 bits per heavy atom. The summed E-state index contributed by atoms with van der Waals surface area (Å²) in [4.78, 5) is 12.5. The van der Waals surface area contributed by atoms with Crippen molar-refractivity contribution < 1.29 is 19.0 Å². The first-order chi connectivity index (χ1) is 13.9. The van der Waals surface area contributed by atoms with Crippen LogP contribution in [0.4, 0.5) is 5.69 Å². The molecule has 6 nitrogen and oxygen atoms in total. The van der Waals surface area contributed by atoms with Crippen LogP contribution in [0.2, 0.25) is 5.02 Å². The Kier molecular flexibility index (Phi) is 7.93. The van der Waals surface area contributed by atoms with Gasteiger partial charge in [0.15, 0.2) is 11.5 Å². The number of methoxy groups -OCH3 is 1. The molecule has 7 heteroatoms. The van der Waals surface area contributed by atoms with Gasteiger partial charge in [-0.3, -0.25) is 4.79 Å². The third-order valence-corrected chi connectivity index (χ3v) is 3.97. The van der Waals surface area contributed by atoms with Crippen molar-refractivity contribution in [2.75, 3.05) is 19.0 Å². The number of ether oxygens (including phenoxy) is 3. The Bertz CT molecular complexity index is 948. The molecule has 0 atom stereocenters. The molecule has 29 heavy (non-hydrogen) atoms. The number of halogens is 1. The average molecular weight is 415 g/mol. The zero-order valence-electron chi connectivity index (χ0n) is 16.8. The Labute approximate surface area is 175 Å². The van der Waals surface area contributed by atoms with E-state index in [0.29, 0.717) is 40.1 Å². The normalized spacial score (nSPS) is 11.0. The van der Waals surface area contributed by atoms with Crippen LogP contribution in [-0.4, -0.2) is 25.7 Å². The van der Waals surface area contributed by atoms with Crippen LogP contribution >= 0.6 is 11.6 Å². The minimum absolute atomic E-state index is 0.0798. The summed E-state index contributed by atoms with van der Waals surface area (Å²) >= 11 is 6.35. The molecule has 0 aliphatic heterocycles. The molecule has 2 aromatic rings. The lowest BCUT2D eigenvalue weighted by Crippen LogP contribution is -2.13. The van der Waals surface area contributed by atoms with Crippen molar-refractivity contribution in [3.63, 3.8) is 0 Å². The van der Waals surface area contributed by atoms with E-state index >= 15 is 0 Å². The van der Waals surface area contributed by atoms with E-state index < -0.39 is 5.91 Å². The molecular formula is C22H23ClN2O4. The fourth-order valence-electron chi connectivity index (χ4n) is 2.50. The van der Waals surface area contributed by atoms with Crippen molar-refractivity contribution in [3.05, 3.63) is 52.6 Å². The van der Waals surface area contributed by atoms with Gasteiger partial charge in [-0.05, 0) is 56.7 Å². The molecule has 2 rings (SSSR count). The van der Waals surface area contributed by atoms with Crippen LogP contribution in [0.3, 0.4) is 0 Å². The molecule has 1 amide bonds. The van der Waals surface area contributed by atoms with Crippen molar-refractivity contribution in [3.8, 4) is 23.3 Å². The van der Waals surface area contributed by atoms with Crippen LogP contribution in [0.15, 0.2) is 42.0 Å². The number of carbonyl (C=O) groups is 1. The predicted molar refractivity (Wildman–Crippen MR) is 114 cm³/mol. The van der Waals surface area contributed by atoms with Crippen molar-refractivity contribution in [2.24, 2.45) is 0 Å². The van der Waals surface area contributed by atoms with Gasteiger partial charge < -0.3 is 19.5 Å². The Morgan fingerprint density at radius 1 is 1.31 bits per heavy atom. The Balaban J connectivity index is 2.33. The predicted octanol–water partition coefficient (Wildman–Crippen LogP) is 5.08. The molecular weight excluding hydrogens is 392 g/mol. The van der Waals surface area contributed by atoms with Crippen LogP contribution in [-0.2, 0) is 4.79 Å². The molecule has 0 aliphatic rings. The summed E-state index contributed by atoms with van der Waals surface area (Å²) in [5.41, 5.74) is 0.986. The van der Waals surface area contributed by atoms with Gasteiger partial charge in [0.2, 0.25) is 0 Å². The highest BCUT2D eigenvalue weighted by atomic mass is 35.5. The van der Waals surface area contributed by atoms with Crippen LogP contribution in [0.25, 0.3) is 6.08 Å². The summed E-state index contributed by atoms with van der Waals surface area (Å²) in [5, 5.41) is 12.5. The molecule has 0 unspecified atom stereocenters. The van der Waals surface area contributed by atoms with E-state index in [0.717, 1.165) is 0 Å². The van der Waals surface area contributed by atoms with Gasteiger partial charge in [-0.15, -0.1) is 0 Å². The van der Waals surface area contributed by atoms with Crippen LogP contribution in [0, 0.1) is 11.3 Å². The fourth-order valence-corrected chi connectivity index (χ4v) is 2.76. The summed E-state index contributed by atoms with van der Waals surface area (Å²) < 4.78 is 16.5. The molecule has 0 aliphatic carbocycles. The van der Waals surface area contributed by atoms with Gasteiger partial charge >= 0.3 is 0 Å². The van der Waals surface area contributed by atoms with E-state index in [-0.39, 0.29) is 11.7 Å². The number of hydrogen-bond donors (Lipinski definition) is 1. The second-order valence-corrected chi connectivity index (χ2v) is 6.69. The SMILES string of the molecule is CCOc1cc(C=C(C#N)C(=O)Nc2cccc(OC)c2)cc(Cl)c1OC(C)C. The highest BCUT2D eigenvalue weighted by molar-refractivity contribution is 6.32. The number of nitriles is 1. The van der Waals surface area contributed by atoms with Gasteiger partial charge in [0, 0.05) is 11.8 Å². The van der Waals surface area contributed by atoms with E-state index in [4.69, 9.17) is 25.8 Å². The molecule has 152 valence electrons. The molecule has 0 fully saturated rings. The summed E-state index contributed by atoms with van der Waals surface area (Å²) in [6.07, 6.45) is 1.36. The zero-order chi connectivity index (χ0) is 21.4.